The molecule has 0 bridgehead atoms. The monoisotopic (exact) mass is 288 g/mol. The molecule has 2 N–H and O–H groups in total. The fraction of sp³-hybridized carbons (Fsp3) is 0.143. The highest BCUT2D eigenvalue weighted by Crippen LogP contribution is 2.29. The lowest BCUT2D eigenvalue weighted by atomic mass is 10.3. The zero-order valence-corrected chi connectivity index (χ0v) is 11.3. The smallest absolute Gasteiger partial charge is 0.247 e. The van der Waals surface area contributed by atoms with Crippen LogP contribution in [0.3, 0.4) is 0 Å². The third kappa shape index (κ3) is 2.50. The Morgan fingerprint density at radius 2 is 2.14 bits per heavy atom. The third-order valence-electron chi connectivity index (χ3n) is 2.95. The summed E-state index contributed by atoms with van der Waals surface area (Å²) in [6.07, 6.45) is 3.17. The molecule has 0 atom stereocenters. The molecule has 0 aliphatic heterocycles. The molecule has 2 aromatic heterocycles. The Morgan fingerprint density at radius 3 is 2.90 bits per heavy atom. The predicted octanol–water partition coefficient (Wildman–Crippen LogP) is 2.55. The summed E-state index contributed by atoms with van der Waals surface area (Å²) >= 11 is 0. The number of anilines is 1. The van der Waals surface area contributed by atoms with E-state index in [1.165, 1.54) is 18.5 Å². The second-order valence-electron chi connectivity index (χ2n) is 4.41. The Kier molecular flexibility index (Phi) is 3.41. The fourth-order valence-corrected chi connectivity index (χ4v) is 2.03. The van der Waals surface area contributed by atoms with E-state index in [0.29, 0.717) is 23.5 Å². The van der Waals surface area contributed by atoms with E-state index >= 15 is 0 Å². The number of aromatic nitrogens is 3. The number of nitrogens with zero attached hydrogens (tertiary/aromatic N) is 3. The van der Waals surface area contributed by atoms with Crippen molar-refractivity contribution in [3.63, 3.8) is 0 Å². The Hall–Kier alpha value is -2.67. The Bertz CT molecular complexity index is 788. The second-order valence-corrected chi connectivity index (χ2v) is 4.41. The summed E-state index contributed by atoms with van der Waals surface area (Å²) in [7, 11) is 1.58. The van der Waals surface area contributed by atoms with E-state index in [4.69, 9.17) is 15.2 Å². The van der Waals surface area contributed by atoms with Crippen LogP contribution in [0.25, 0.3) is 11.0 Å². The van der Waals surface area contributed by atoms with Gasteiger partial charge in [-0.05, 0) is 18.2 Å². The molecule has 3 aromatic rings. The summed E-state index contributed by atoms with van der Waals surface area (Å²) in [6.45, 7) is 0.317. The van der Waals surface area contributed by atoms with Crippen molar-refractivity contribution >= 4 is 16.7 Å². The van der Waals surface area contributed by atoms with Gasteiger partial charge in [0.05, 0.1) is 5.52 Å². The first-order valence-electron chi connectivity index (χ1n) is 6.20. The normalized spacial score (nSPS) is 11.0. The molecule has 0 fully saturated rings. The number of halogens is 1. The molecule has 3 rings (SSSR count). The Labute approximate surface area is 119 Å². The number of methoxy groups -OCH3 is 1. The number of hydrogen-bond acceptors (Lipinski definition) is 5. The molecule has 0 saturated carbocycles. The summed E-state index contributed by atoms with van der Waals surface area (Å²) in [4.78, 5) is 8.21. The summed E-state index contributed by atoms with van der Waals surface area (Å²) in [5, 5.41) is 0. The van der Waals surface area contributed by atoms with Crippen molar-refractivity contribution in [2.45, 2.75) is 6.73 Å². The number of benzene rings is 1. The quantitative estimate of drug-likeness (QED) is 0.747. The highest BCUT2D eigenvalue weighted by atomic mass is 19.1. The fourth-order valence-electron chi connectivity index (χ4n) is 2.03. The van der Waals surface area contributed by atoms with Crippen LogP contribution in [0.15, 0.2) is 36.8 Å². The predicted molar refractivity (Wildman–Crippen MR) is 75.4 cm³/mol. The molecule has 0 aliphatic rings. The summed E-state index contributed by atoms with van der Waals surface area (Å²) in [5.74, 6) is -0.244. The summed E-state index contributed by atoms with van der Waals surface area (Å²) < 4.78 is 26.3. The first-order chi connectivity index (χ1) is 10.2. The molecule has 6 nitrogen and oxygen atoms in total. The number of fused-ring (bicyclic) bond motifs is 1. The van der Waals surface area contributed by atoms with Crippen molar-refractivity contribution in [3.8, 4) is 11.6 Å². The van der Waals surface area contributed by atoms with Gasteiger partial charge < -0.3 is 19.8 Å². The van der Waals surface area contributed by atoms with E-state index in [1.54, 1.807) is 23.9 Å². The molecular formula is C14H13FN4O2. The van der Waals surface area contributed by atoms with Gasteiger partial charge in [0.1, 0.15) is 18.6 Å². The number of rotatable bonds is 4. The maximum Gasteiger partial charge on any atom is 0.247 e. The average molecular weight is 288 g/mol. The molecule has 0 unspecified atom stereocenters. The summed E-state index contributed by atoms with van der Waals surface area (Å²) in [5.41, 5.74) is 7.17. The average Bonchev–Trinajstić information content (AvgIpc) is 2.87. The van der Waals surface area contributed by atoms with Gasteiger partial charge in [-0.2, -0.15) is 4.98 Å². The zero-order valence-electron chi connectivity index (χ0n) is 11.3. The molecule has 7 heteroatoms. The number of nitrogen functional groups attached to an aromatic ring is 1. The van der Waals surface area contributed by atoms with Crippen molar-refractivity contribution in [2.24, 2.45) is 0 Å². The van der Waals surface area contributed by atoms with Crippen LogP contribution in [0.4, 0.5) is 10.1 Å². The second kappa shape index (κ2) is 5.37. The van der Waals surface area contributed by atoms with Crippen LogP contribution in [0, 0.1) is 5.82 Å². The number of nitrogens with two attached hydrogens (primary N) is 1. The molecule has 0 aliphatic carbocycles. The van der Waals surface area contributed by atoms with Crippen molar-refractivity contribution < 1.29 is 13.9 Å². The van der Waals surface area contributed by atoms with Crippen LogP contribution in [0.5, 0.6) is 11.6 Å². The maximum absolute atomic E-state index is 13.8. The number of ether oxygens (including phenoxy) is 2. The lowest BCUT2D eigenvalue weighted by Gasteiger charge is -2.09. The molecule has 0 spiro atoms. The molecular weight excluding hydrogens is 275 g/mol. The maximum atomic E-state index is 13.8. The Balaban J connectivity index is 2.05. The van der Waals surface area contributed by atoms with Crippen LogP contribution in [0.2, 0.25) is 0 Å². The topological polar surface area (TPSA) is 75.2 Å². The highest BCUT2D eigenvalue weighted by Gasteiger charge is 2.13. The molecule has 2 heterocycles. The first-order valence-corrected chi connectivity index (χ1v) is 6.20. The minimum Gasteiger partial charge on any atom is -0.434 e. The van der Waals surface area contributed by atoms with Gasteiger partial charge in [0, 0.05) is 25.1 Å². The van der Waals surface area contributed by atoms with E-state index in [9.17, 15) is 4.39 Å². The minimum atomic E-state index is -0.549. The van der Waals surface area contributed by atoms with Crippen LogP contribution in [-0.4, -0.2) is 21.6 Å². The number of hydrogen-bond donors (Lipinski definition) is 1. The van der Waals surface area contributed by atoms with E-state index in [1.807, 2.05) is 6.07 Å². The minimum absolute atomic E-state index is 0.0503. The van der Waals surface area contributed by atoms with Crippen LogP contribution in [0.1, 0.15) is 0 Å². The van der Waals surface area contributed by atoms with Gasteiger partial charge >= 0.3 is 0 Å². The van der Waals surface area contributed by atoms with Crippen LogP contribution < -0.4 is 10.5 Å². The van der Waals surface area contributed by atoms with E-state index < -0.39 is 5.82 Å². The van der Waals surface area contributed by atoms with Gasteiger partial charge in [0.2, 0.25) is 5.88 Å². The van der Waals surface area contributed by atoms with Gasteiger partial charge in [-0.1, -0.05) is 0 Å². The zero-order chi connectivity index (χ0) is 14.8. The first kappa shape index (κ1) is 13.3. The van der Waals surface area contributed by atoms with Gasteiger partial charge in [-0.3, -0.25) is 0 Å². The standard InChI is InChI=1S/C14H13FN4O2/c1-20-8-19-5-4-11-13(19)14(18-7-17-11)21-12-3-2-9(16)6-10(12)15/h2-7H,8,16H2,1H3. The van der Waals surface area contributed by atoms with Crippen molar-refractivity contribution in [1.29, 1.82) is 0 Å². The van der Waals surface area contributed by atoms with Crippen LogP contribution >= 0.6 is 0 Å². The molecule has 108 valence electrons. The third-order valence-corrected chi connectivity index (χ3v) is 2.95. The van der Waals surface area contributed by atoms with Crippen LogP contribution in [-0.2, 0) is 11.5 Å². The Morgan fingerprint density at radius 1 is 1.29 bits per heavy atom. The van der Waals surface area contributed by atoms with Crippen molar-refractivity contribution in [1.82, 2.24) is 14.5 Å². The molecule has 0 radical (unpaired) electrons. The van der Waals surface area contributed by atoms with E-state index in [2.05, 4.69) is 9.97 Å². The van der Waals surface area contributed by atoms with Gasteiger partial charge in [0.25, 0.3) is 0 Å². The lowest BCUT2D eigenvalue weighted by molar-refractivity contribution is 0.134. The van der Waals surface area contributed by atoms with E-state index in [-0.39, 0.29) is 11.6 Å². The van der Waals surface area contributed by atoms with Crippen molar-refractivity contribution in [3.05, 3.63) is 42.6 Å². The van der Waals surface area contributed by atoms with Gasteiger partial charge in [0.15, 0.2) is 11.6 Å². The van der Waals surface area contributed by atoms with Gasteiger partial charge in [-0.15, -0.1) is 0 Å². The highest BCUT2D eigenvalue weighted by molar-refractivity contribution is 5.80. The molecule has 1 aromatic carbocycles. The SMILES string of the molecule is COCn1ccc2ncnc(Oc3ccc(N)cc3F)c21. The molecule has 0 amide bonds. The molecule has 0 saturated heterocycles. The molecule has 21 heavy (non-hydrogen) atoms. The van der Waals surface area contributed by atoms with E-state index in [0.717, 1.165) is 0 Å². The lowest BCUT2D eigenvalue weighted by Crippen LogP contribution is -2.01. The van der Waals surface area contributed by atoms with Crippen molar-refractivity contribution in [2.75, 3.05) is 12.8 Å². The summed E-state index contributed by atoms with van der Waals surface area (Å²) in [6, 6.07) is 6.03. The largest absolute Gasteiger partial charge is 0.434 e. The van der Waals surface area contributed by atoms with Gasteiger partial charge in [-0.25, -0.2) is 9.37 Å².